The van der Waals surface area contributed by atoms with E-state index in [4.69, 9.17) is 16.3 Å². The van der Waals surface area contributed by atoms with Crippen LogP contribution >= 0.6 is 22.9 Å². The van der Waals surface area contributed by atoms with Crippen molar-refractivity contribution in [1.82, 2.24) is 8.87 Å². The van der Waals surface area contributed by atoms with E-state index < -0.39 is 37.8 Å². The molecule has 0 aliphatic carbocycles. The third-order valence-corrected chi connectivity index (χ3v) is 10.1. The Bertz CT molecular complexity index is 1640. The Morgan fingerprint density at radius 2 is 1.78 bits per heavy atom. The Morgan fingerprint density at radius 1 is 1.11 bits per heavy atom. The van der Waals surface area contributed by atoms with E-state index in [1.165, 1.54) is 47.0 Å². The van der Waals surface area contributed by atoms with Gasteiger partial charge in [0.25, 0.3) is 5.91 Å². The molecule has 0 N–H and O–H groups in total. The highest BCUT2D eigenvalue weighted by Gasteiger charge is 2.39. The number of halogens is 1. The molecule has 0 radical (unpaired) electrons. The molecule has 3 aromatic rings. The highest BCUT2D eigenvalue weighted by Crippen LogP contribution is 2.28. The number of aromatic nitrogens is 1. The first-order chi connectivity index (χ1) is 17.4. The zero-order valence-corrected chi connectivity index (χ0v) is 23.2. The molecule has 1 amide bonds. The largest absolute Gasteiger partial charge is 0.465 e. The third-order valence-electron chi connectivity index (χ3n) is 5.79. The number of hydrogen-bond donors (Lipinski definition) is 0. The topological polar surface area (TPSA) is 132 Å². The fourth-order valence-corrected chi connectivity index (χ4v) is 7.62. The van der Waals surface area contributed by atoms with Crippen LogP contribution in [0.4, 0.5) is 0 Å². The molecular formula is C23H24ClN3O7S3. The molecule has 198 valence electrons. The second kappa shape index (κ2) is 10.7. The van der Waals surface area contributed by atoms with Crippen LogP contribution in [-0.2, 0) is 40.7 Å². The molecule has 1 fully saturated rings. The van der Waals surface area contributed by atoms with Crippen molar-refractivity contribution in [2.24, 2.45) is 4.99 Å². The average molecular weight is 586 g/mol. The molecule has 1 saturated heterocycles. The summed E-state index contributed by atoms with van der Waals surface area (Å²) in [4.78, 5) is 30.0. The number of rotatable bonds is 7. The minimum Gasteiger partial charge on any atom is -0.465 e. The maximum atomic E-state index is 13.3. The van der Waals surface area contributed by atoms with E-state index in [1.54, 1.807) is 6.92 Å². The van der Waals surface area contributed by atoms with Gasteiger partial charge in [-0.3, -0.25) is 9.59 Å². The minimum atomic E-state index is -3.98. The van der Waals surface area contributed by atoms with Crippen LogP contribution in [0.2, 0.25) is 5.02 Å². The molecule has 2 heterocycles. The molecule has 1 atom stereocenters. The van der Waals surface area contributed by atoms with Crippen LogP contribution in [0.15, 0.2) is 57.2 Å². The number of fused-ring (bicyclic) bond motifs is 1. The van der Waals surface area contributed by atoms with E-state index in [0.717, 1.165) is 21.9 Å². The summed E-state index contributed by atoms with van der Waals surface area (Å²) in [6.07, 6.45) is 1.85. The van der Waals surface area contributed by atoms with Gasteiger partial charge >= 0.3 is 5.97 Å². The molecule has 10 nitrogen and oxygen atoms in total. The molecule has 1 aromatic heterocycles. The average Bonchev–Trinajstić information content (AvgIpc) is 3.45. The molecule has 1 unspecified atom stereocenters. The van der Waals surface area contributed by atoms with E-state index in [0.29, 0.717) is 21.7 Å². The van der Waals surface area contributed by atoms with Crippen LogP contribution in [0, 0.1) is 0 Å². The number of benzene rings is 2. The number of hydrogen-bond acceptors (Lipinski definition) is 8. The van der Waals surface area contributed by atoms with Gasteiger partial charge in [0.2, 0.25) is 10.0 Å². The monoisotopic (exact) mass is 585 g/mol. The lowest BCUT2D eigenvalue weighted by molar-refractivity contribution is -0.143. The van der Waals surface area contributed by atoms with E-state index in [-0.39, 0.29) is 40.7 Å². The summed E-state index contributed by atoms with van der Waals surface area (Å²) < 4.78 is 58.7. The maximum Gasteiger partial charge on any atom is 0.326 e. The Labute approximate surface area is 223 Å². The fourth-order valence-electron chi connectivity index (χ4n) is 4.04. The van der Waals surface area contributed by atoms with Crippen molar-refractivity contribution in [3.63, 3.8) is 0 Å². The number of nitrogens with zero attached hydrogens (tertiary/aromatic N) is 3. The Morgan fingerprint density at radius 3 is 2.43 bits per heavy atom. The smallest absolute Gasteiger partial charge is 0.326 e. The highest BCUT2D eigenvalue weighted by atomic mass is 35.5. The molecule has 37 heavy (non-hydrogen) atoms. The van der Waals surface area contributed by atoms with Crippen LogP contribution in [0.3, 0.4) is 0 Å². The van der Waals surface area contributed by atoms with Gasteiger partial charge in [-0.15, -0.1) is 0 Å². The van der Waals surface area contributed by atoms with Crippen LogP contribution < -0.4 is 4.80 Å². The van der Waals surface area contributed by atoms with Gasteiger partial charge < -0.3 is 9.30 Å². The van der Waals surface area contributed by atoms with Crippen LogP contribution in [0.5, 0.6) is 0 Å². The molecule has 0 saturated carbocycles. The van der Waals surface area contributed by atoms with E-state index in [9.17, 15) is 26.4 Å². The number of sulfone groups is 1. The van der Waals surface area contributed by atoms with Crippen molar-refractivity contribution in [3.8, 4) is 0 Å². The zero-order chi connectivity index (χ0) is 27.0. The predicted molar refractivity (Wildman–Crippen MR) is 138 cm³/mol. The molecule has 0 bridgehead atoms. The SMILES string of the molecule is CCOC(=O)Cn1c(=NC(=O)C2CCCN2S(=O)(=O)c2ccc(Cl)cc2)sc2cc(S(C)(=O)=O)ccc21. The summed E-state index contributed by atoms with van der Waals surface area (Å²) in [5.41, 5.74) is 0.495. The maximum absolute atomic E-state index is 13.3. The van der Waals surface area contributed by atoms with E-state index in [1.807, 2.05) is 0 Å². The first kappa shape index (κ1) is 27.5. The Hall–Kier alpha value is -2.58. The van der Waals surface area contributed by atoms with Gasteiger partial charge in [0.15, 0.2) is 14.6 Å². The number of esters is 1. The van der Waals surface area contributed by atoms with E-state index >= 15 is 0 Å². The summed E-state index contributed by atoms with van der Waals surface area (Å²) in [7, 11) is -7.47. The summed E-state index contributed by atoms with van der Waals surface area (Å²) in [6, 6.07) is 9.08. The summed E-state index contributed by atoms with van der Waals surface area (Å²) >= 11 is 6.91. The second-order valence-electron chi connectivity index (χ2n) is 8.36. The van der Waals surface area contributed by atoms with Gasteiger partial charge in [0.1, 0.15) is 12.6 Å². The highest BCUT2D eigenvalue weighted by molar-refractivity contribution is 7.90. The normalized spacial score (nSPS) is 17.4. The Kier molecular flexibility index (Phi) is 7.91. The van der Waals surface area contributed by atoms with Gasteiger partial charge in [-0.05, 0) is 62.2 Å². The molecule has 1 aliphatic rings. The first-order valence-electron chi connectivity index (χ1n) is 11.3. The molecule has 1 aliphatic heterocycles. The van der Waals surface area contributed by atoms with Crippen LogP contribution in [0.1, 0.15) is 19.8 Å². The molecule has 14 heteroatoms. The summed E-state index contributed by atoms with van der Waals surface area (Å²) in [6.45, 7) is 1.72. The van der Waals surface area contributed by atoms with Crippen molar-refractivity contribution in [2.45, 2.75) is 42.1 Å². The van der Waals surface area contributed by atoms with Gasteiger partial charge in [-0.25, -0.2) is 16.8 Å². The second-order valence-corrected chi connectivity index (χ2v) is 13.7. The number of carbonyl (C=O) groups excluding carboxylic acids is 2. The number of ether oxygens (including phenoxy) is 1. The third kappa shape index (κ3) is 5.80. The number of thiazole rings is 1. The lowest BCUT2D eigenvalue weighted by Crippen LogP contribution is -2.40. The minimum absolute atomic E-state index is 0.0177. The van der Waals surface area contributed by atoms with E-state index in [2.05, 4.69) is 4.99 Å². The molecule has 4 rings (SSSR count). The van der Waals surface area contributed by atoms with Crippen molar-refractivity contribution in [3.05, 3.63) is 52.3 Å². The van der Waals surface area contributed by atoms with Crippen molar-refractivity contribution < 1.29 is 31.2 Å². The van der Waals surface area contributed by atoms with Gasteiger partial charge in [0, 0.05) is 17.8 Å². The standard InChI is InChI=1S/C23H24ClN3O7S3/c1-3-34-21(28)14-26-18-11-10-17(36(2,30)31)13-20(18)35-23(26)25-22(29)19-5-4-12-27(19)37(32,33)16-8-6-15(24)7-9-16/h6-11,13,19H,3-5,12,14H2,1-2H3. The first-order valence-corrected chi connectivity index (χ1v) is 15.8. The lowest BCUT2D eigenvalue weighted by Gasteiger charge is -2.21. The molecule has 0 spiro atoms. The van der Waals surface area contributed by atoms with Gasteiger partial charge in [-0.1, -0.05) is 22.9 Å². The van der Waals surface area contributed by atoms with Crippen molar-refractivity contribution >= 4 is 64.9 Å². The van der Waals surface area contributed by atoms with Gasteiger partial charge in [0.05, 0.1) is 26.6 Å². The number of amides is 1. The van der Waals surface area contributed by atoms with Crippen LogP contribution in [0.25, 0.3) is 10.2 Å². The van der Waals surface area contributed by atoms with Gasteiger partial charge in [-0.2, -0.15) is 9.30 Å². The summed E-state index contributed by atoms with van der Waals surface area (Å²) in [5.74, 6) is -1.24. The zero-order valence-electron chi connectivity index (χ0n) is 20.0. The lowest BCUT2D eigenvalue weighted by atomic mass is 10.2. The molecular weight excluding hydrogens is 562 g/mol. The number of carbonyl (C=O) groups is 2. The quantitative estimate of drug-likeness (QED) is 0.389. The fraction of sp³-hybridized carbons (Fsp3) is 0.348. The Balaban J connectivity index is 1.76. The van der Waals surface area contributed by atoms with Crippen LogP contribution in [-0.4, -0.2) is 63.0 Å². The van der Waals surface area contributed by atoms with Crippen molar-refractivity contribution in [2.75, 3.05) is 19.4 Å². The van der Waals surface area contributed by atoms with Crippen molar-refractivity contribution in [1.29, 1.82) is 0 Å². The summed E-state index contributed by atoms with van der Waals surface area (Å²) in [5, 5.41) is 0.387. The molecule has 2 aromatic carbocycles. The predicted octanol–water partition coefficient (Wildman–Crippen LogP) is 2.60. The number of sulfonamides is 1.